The number of nitrogens with one attached hydrogen (secondary N) is 1. The number of nitrogen functional groups attached to an aromatic ring is 1. The maximum Gasteiger partial charge on any atom is 0.220 e. The lowest BCUT2D eigenvalue weighted by atomic mass is 10.1. The fraction of sp³-hybridized carbons (Fsp3) is 0.250. The SMILES string of the molecule is CCCc1ccc(Oc2cc(C(=N)N)cc(C)n2)cc1. The number of rotatable bonds is 5. The van der Waals surface area contributed by atoms with Crippen molar-refractivity contribution in [2.24, 2.45) is 5.73 Å². The molecular weight excluding hydrogens is 250 g/mol. The van der Waals surface area contributed by atoms with Crippen molar-refractivity contribution in [3.05, 3.63) is 53.2 Å². The summed E-state index contributed by atoms with van der Waals surface area (Å²) < 4.78 is 5.72. The van der Waals surface area contributed by atoms with Crippen molar-refractivity contribution in [3.8, 4) is 11.6 Å². The number of hydrogen-bond donors (Lipinski definition) is 2. The van der Waals surface area contributed by atoms with Crippen molar-refractivity contribution in [3.63, 3.8) is 0 Å². The van der Waals surface area contributed by atoms with E-state index in [2.05, 4.69) is 24.0 Å². The van der Waals surface area contributed by atoms with Crippen LogP contribution in [-0.2, 0) is 6.42 Å². The molecule has 104 valence electrons. The molecule has 4 nitrogen and oxygen atoms in total. The van der Waals surface area contributed by atoms with Crippen molar-refractivity contribution in [1.82, 2.24) is 4.98 Å². The number of aryl methyl sites for hydroxylation is 2. The van der Waals surface area contributed by atoms with Crippen LogP contribution < -0.4 is 10.5 Å². The van der Waals surface area contributed by atoms with Gasteiger partial charge in [-0.15, -0.1) is 0 Å². The van der Waals surface area contributed by atoms with E-state index >= 15 is 0 Å². The van der Waals surface area contributed by atoms with Gasteiger partial charge >= 0.3 is 0 Å². The van der Waals surface area contributed by atoms with Gasteiger partial charge in [-0.05, 0) is 37.1 Å². The second kappa shape index (κ2) is 6.19. The number of pyridine rings is 1. The number of nitrogens with zero attached hydrogens (tertiary/aromatic N) is 1. The predicted octanol–water partition coefficient (Wildman–Crippen LogP) is 3.42. The summed E-state index contributed by atoms with van der Waals surface area (Å²) in [5.74, 6) is 1.20. The number of hydrogen-bond acceptors (Lipinski definition) is 3. The summed E-state index contributed by atoms with van der Waals surface area (Å²) >= 11 is 0. The van der Waals surface area contributed by atoms with Gasteiger partial charge in [-0.25, -0.2) is 4.98 Å². The molecule has 0 radical (unpaired) electrons. The van der Waals surface area contributed by atoms with Crippen molar-refractivity contribution >= 4 is 5.84 Å². The number of amidine groups is 1. The molecule has 0 aliphatic heterocycles. The Labute approximate surface area is 119 Å². The molecule has 0 unspecified atom stereocenters. The largest absolute Gasteiger partial charge is 0.439 e. The highest BCUT2D eigenvalue weighted by Gasteiger charge is 2.05. The summed E-state index contributed by atoms with van der Waals surface area (Å²) in [6, 6.07) is 11.4. The van der Waals surface area contributed by atoms with Gasteiger partial charge in [0.25, 0.3) is 0 Å². The molecule has 4 heteroatoms. The molecule has 0 aliphatic carbocycles. The maximum atomic E-state index is 7.48. The summed E-state index contributed by atoms with van der Waals surface area (Å²) in [6.45, 7) is 4.01. The minimum Gasteiger partial charge on any atom is -0.439 e. The molecule has 0 atom stereocenters. The van der Waals surface area contributed by atoms with Crippen LogP contribution in [0.2, 0.25) is 0 Å². The van der Waals surface area contributed by atoms with E-state index in [-0.39, 0.29) is 5.84 Å². The zero-order chi connectivity index (χ0) is 14.5. The van der Waals surface area contributed by atoms with Gasteiger partial charge in [-0.1, -0.05) is 25.5 Å². The van der Waals surface area contributed by atoms with E-state index in [0.29, 0.717) is 11.4 Å². The Balaban J connectivity index is 2.19. The first-order valence-electron chi connectivity index (χ1n) is 6.68. The van der Waals surface area contributed by atoms with E-state index in [4.69, 9.17) is 15.9 Å². The van der Waals surface area contributed by atoms with E-state index in [0.717, 1.165) is 24.3 Å². The third-order valence-electron chi connectivity index (χ3n) is 2.93. The summed E-state index contributed by atoms with van der Waals surface area (Å²) in [6.07, 6.45) is 2.19. The van der Waals surface area contributed by atoms with Crippen LogP contribution in [0.5, 0.6) is 11.6 Å². The molecule has 1 aromatic carbocycles. The average Bonchev–Trinajstić information content (AvgIpc) is 2.40. The number of ether oxygens (including phenoxy) is 1. The Kier molecular flexibility index (Phi) is 4.35. The van der Waals surface area contributed by atoms with Crippen LogP contribution in [0.25, 0.3) is 0 Å². The van der Waals surface area contributed by atoms with Crippen LogP contribution in [0, 0.1) is 12.3 Å². The fourth-order valence-electron chi connectivity index (χ4n) is 1.98. The summed E-state index contributed by atoms with van der Waals surface area (Å²) in [5.41, 5.74) is 8.18. The molecule has 0 aliphatic rings. The zero-order valence-electron chi connectivity index (χ0n) is 11.8. The van der Waals surface area contributed by atoms with E-state index < -0.39 is 0 Å². The Morgan fingerprint density at radius 3 is 2.55 bits per heavy atom. The zero-order valence-corrected chi connectivity index (χ0v) is 11.8. The van der Waals surface area contributed by atoms with E-state index in [1.54, 1.807) is 12.1 Å². The lowest BCUT2D eigenvalue weighted by Crippen LogP contribution is -2.11. The molecule has 0 spiro atoms. The first kappa shape index (κ1) is 14.1. The van der Waals surface area contributed by atoms with Crippen molar-refractivity contribution in [2.45, 2.75) is 26.7 Å². The van der Waals surface area contributed by atoms with Crippen molar-refractivity contribution in [1.29, 1.82) is 5.41 Å². The van der Waals surface area contributed by atoms with Gasteiger partial charge in [-0.2, -0.15) is 0 Å². The predicted molar refractivity (Wildman–Crippen MR) is 80.5 cm³/mol. The molecule has 20 heavy (non-hydrogen) atoms. The fourth-order valence-corrected chi connectivity index (χ4v) is 1.98. The van der Waals surface area contributed by atoms with E-state index in [9.17, 15) is 0 Å². The van der Waals surface area contributed by atoms with Gasteiger partial charge in [0.15, 0.2) is 0 Å². The molecule has 2 rings (SSSR count). The van der Waals surface area contributed by atoms with Crippen molar-refractivity contribution < 1.29 is 4.74 Å². The van der Waals surface area contributed by atoms with Gasteiger partial charge < -0.3 is 10.5 Å². The van der Waals surface area contributed by atoms with Gasteiger partial charge in [0.05, 0.1) is 0 Å². The third-order valence-corrected chi connectivity index (χ3v) is 2.93. The van der Waals surface area contributed by atoms with Gasteiger partial charge in [0.2, 0.25) is 5.88 Å². The van der Waals surface area contributed by atoms with Crippen molar-refractivity contribution in [2.75, 3.05) is 0 Å². The highest BCUT2D eigenvalue weighted by Crippen LogP contribution is 2.21. The third kappa shape index (κ3) is 3.57. The molecule has 0 bridgehead atoms. The van der Waals surface area contributed by atoms with Gasteiger partial charge in [0.1, 0.15) is 11.6 Å². The standard InChI is InChI=1S/C16H19N3O/c1-3-4-12-5-7-14(8-6-12)20-15-10-13(16(17)18)9-11(2)19-15/h5-10H,3-4H2,1-2H3,(H3,17,18). The second-order valence-corrected chi connectivity index (χ2v) is 4.75. The van der Waals surface area contributed by atoms with Crippen LogP contribution in [0.4, 0.5) is 0 Å². The second-order valence-electron chi connectivity index (χ2n) is 4.75. The highest BCUT2D eigenvalue weighted by molar-refractivity contribution is 5.95. The smallest absolute Gasteiger partial charge is 0.220 e. The van der Waals surface area contributed by atoms with E-state index in [1.807, 2.05) is 19.1 Å². The Bertz CT molecular complexity index is 606. The van der Waals surface area contributed by atoms with Gasteiger partial charge in [-0.3, -0.25) is 5.41 Å². The monoisotopic (exact) mass is 269 g/mol. The topological polar surface area (TPSA) is 72.0 Å². The normalized spacial score (nSPS) is 10.3. The Hall–Kier alpha value is -2.36. The molecule has 2 aromatic rings. The summed E-state index contributed by atoms with van der Waals surface area (Å²) in [7, 11) is 0. The lowest BCUT2D eigenvalue weighted by Gasteiger charge is -2.08. The summed E-state index contributed by atoms with van der Waals surface area (Å²) in [5, 5.41) is 7.48. The molecule has 0 amide bonds. The average molecular weight is 269 g/mol. The molecular formula is C16H19N3O. The number of aromatic nitrogens is 1. The molecule has 3 N–H and O–H groups in total. The van der Waals surface area contributed by atoms with Crippen LogP contribution >= 0.6 is 0 Å². The quantitative estimate of drug-likeness (QED) is 0.645. The molecule has 1 heterocycles. The first-order chi connectivity index (χ1) is 9.58. The van der Waals surface area contributed by atoms with Crippen LogP contribution in [0.15, 0.2) is 36.4 Å². The summed E-state index contributed by atoms with van der Waals surface area (Å²) in [4.78, 5) is 4.30. The lowest BCUT2D eigenvalue weighted by molar-refractivity contribution is 0.461. The Morgan fingerprint density at radius 1 is 1.25 bits per heavy atom. The molecule has 0 saturated heterocycles. The van der Waals surface area contributed by atoms with Crippen LogP contribution in [0.3, 0.4) is 0 Å². The molecule has 0 saturated carbocycles. The Morgan fingerprint density at radius 2 is 1.95 bits per heavy atom. The molecule has 1 aromatic heterocycles. The minimum absolute atomic E-state index is 0.0126. The van der Waals surface area contributed by atoms with Crippen LogP contribution in [0.1, 0.15) is 30.2 Å². The maximum absolute atomic E-state index is 7.48. The number of benzene rings is 1. The first-order valence-corrected chi connectivity index (χ1v) is 6.68. The van der Waals surface area contributed by atoms with Crippen LogP contribution in [-0.4, -0.2) is 10.8 Å². The minimum atomic E-state index is 0.0126. The van der Waals surface area contributed by atoms with Gasteiger partial charge in [0, 0.05) is 17.3 Å². The number of nitrogens with two attached hydrogens (primary N) is 1. The van der Waals surface area contributed by atoms with E-state index in [1.165, 1.54) is 5.56 Å². The highest BCUT2D eigenvalue weighted by atomic mass is 16.5. The molecule has 0 fully saturated rings.